The Hall–Kier alpha value is -1.50. The Morgan fingerprint density at radius 2 is 1.75 bits per heavy atom. The average molecular weight is 394 g/mol. The minimum atomic E-state index is -0.267. The first-order valence-electron chi connectivity index (χ1n) is 10.6. The summed E-state index contributed by atoms with van der Waals surface area (Å²) < 4.78 is 22.9. The molecule has 0 saturated carbocycles. The topological polar surface area (TPSA) is 60.4 Å². The molecule has 1 fully saturated rings. The van der Waals surface area contributed by atoms with Crippen molar-refractivity contribution in [1.82, 2.24) is 4.90 Å². The van der Waals surface area contributed by atoms with Crippen molar-refractivity contribution in [1.29, 1.82) is 0 Å². The van der Waals surface area contributed by atoms with Gasteiger partial charge in [-0.25, -0.2) is 0 Å². The first-order valence-corrected chi connectivity index (χ1v) is 10.6. The number of piperidine rings is 1. The van der Waals surface area contributed by atoms with Crippen molar-refractivity contribution in [3.05, 3.63) is 17.7 Å². The van der Waals surface area contributed by atoms with Crippen molar-refractivity contribution in [2.24, 2.45) is 5.92 Å². The molecular weight excluding hydrogens is 358 g/mol. The van der Waals surface area contributed by atoms with Crippen LogP contribution in [0.15, 0.2) is 12.1 Å². The Bertz CT molecular complexity index is 601. The summed E-state index contributed by atoms with van der Waals surface area (Å²) in [5, 5.41) is 10.3. The van der Waals surface area contributed by atoms with Gasteiger partial charge in [0.15, 0.2) is 11.5 Å². The number of aliphatic hydroxyl groups excluding tert-OH is 1. The number of nitrogens with zero attached hydrogens (tertiary/aromatic N) is 1. The zero-order valence-corrected chi connectivity index (χ0v) is 17.3. The summed E-state index contributed by atoms with van der Waals surface area (Å²) in [7, 11) is 3.25. The van der Waals surface area contributed by atoms with E-state index in [4.69, 9.17) is 18.9 Å². The average Bonchev–Trinajstić information content (AvgIpc) is 2.72. The van der Waals surface area contributed by atoms with Crippen LogP contribution in [0.4, 0.5) is 0 Å². The zero-order valence-electron chi connectivity index (χ0n) is 17.3. The molecule has 28 heavy (non-hydrogen) atoms. The van der Waals surface area contributed by atoms with E-state index in [9.17, 15) is 5.11 Å². The SMILES string of the molecule is COc1cc2cc(c1OC)OCCCC(O)CCN1CCC(CCOC2)CC1. The van der Waals surface area contributed by atoms with E-state index in [1.54, 1.807) is 14.2 Å². The molecule has 158 valence electrons. The molecule has 4 bridgehead atoms. The Morgan fingerprint density at radius 1 is 0.964 bits per heavy atom. The van der Waals surface area contributed by atoms with Gasteiger partial charge in [0, 0.05) is 13.2 Å². The lowest BCUT2D eigenvalue weighted by molar-refractivity contribution is 0.0827. The van der Waals surface area contributed by atoms with Gasteiger partial charge in [0.2, 0.25) is 5.75 Å². The van der Waals surface area contributed by atoms with Crippen molar-refractivity contribution in [2.75, 3.05) is 47.1 Å². The van der Waals surface area contributed by atoms with Gasteiger partial charge in [-0.3, -0.25) is 0 Å². The molecular formula is C22H35NO5. The van der Waals surface area contributed by atoms with E-state index in [0.29, 0.717) is 30.5 Å². The van der Waals surface area contributed by atoms with Gasteiger partial charge in [-0.15, -0.1) is 0 Å². The van der Waals surface area contributed by atoms with Crippen molar-refractivity contribution in [3.63, 3.8) is 0 Å². The molecule has 0 aliphatic carbocycles. The Kier molecular flexibility index (Phi) is 8.25. The highest BCUT2D eigenvalue weighted by atomic mass is 16.5. The molecule has 3 heterocycles. The van der Waals surface area contributed by atoms with Gasteiger partial charge >= 0.3 is 0 Å². The number of benzene rings is 1. The summed E-state index contributed by atoms with van der Waals surface area (Å²) in [6, 6.07) is 3.92. The van der Waals surface area contributed by atoms with Gasteiger partial charge in [0.1, 0.15) is 0 Å². The van der Waals surface area contributed by atoms with Gasteiger partial charge in [0.25, 0.3) is 0 Å². The fraction of sp³-hybridized carbons (Fsp3) is 0.727. The van der Waals surface area contributed by atoms with Crippen LogP contribution in [-0.2, 0) is 11.3 Å². The summed E-state index contributed by atoms with van der Waals surface area (Å²) in [5.41, 5.74) is 1.02. The molecule has 1 atom stereocenters. The van der Waals surface area contributed by atoms with Crippen LogP contribution < -0.4 is 14.2 Å². The number of methoxy groups -OCH3 is 2. The third-order valence-corrected chi connectivity index (χ3v) is 5.87. The van der Waals surface area contributed by atoms with Crippen LogP contribution in [0, 0.1) is 5.92 Å². The lowest BCUT2D eigenvalue weighted by Gasteiger charge is -2.32. The van der Waals surface area contributed by atoms with E-state index in [1.165, 1.54) is 12.8 Å². The van der Waals surface area contributed by atoms with Gasteiger partial charge < -0.3 is 29.0 Å². The molecule has 1 N–H and O–H groups in total. The highest BCUT2D eigenvalue weighted by Crippen LogP contribution is 2.38. The van der Waals surface area contributed by atoms with E-state index in [0.717, 1.165) is 63.4 Å². The molecule has 1 aromatic carbocycles. The van der Waals surface area contributed by atoms with Gasteiger partial charge in [-0.05, 0) is 75.2 Å². The summed E-state index contributed by atoms with van der Waals surface area (Å²) >= 11 is 0. The van der Waals surface area contributed by atoms with Gasteiger partial charge in [-0.1, -0.05) is 0 Å². The Morgan fingerprint density at radius 3 is 2.50 bits per heavy atom. The third kappa shape index (κ3) is 6.00. The number of rotatable bonds is 2. The fourth-order valence-corrected chi connectivity index (χ4v) is 4.09. The molecule has 6 nitrogen and oxygen atoms in total. The van der Waals surface area contributed by atoms with Crippen molar-refractivity contribution in [3.8, 4) is 17.2 Å². The summed E-state index contributed by atoms with van der Waals surface area (Å²) in [6.07, 6.45) is 5.68. The monoisotopic (exact) mass is 393 g/mol. The maximum absolute atomic E-state index is 10.3. The Labute approximate surface area is 168 Å². The maximum Gasteiger partial charge on any atom is 0.203 e. The number of ether oxygens (including phenoxy) is 4. The molecule has 6 heteroatoms. The molecule has 0 aromatic heterocycles. The quantitative estimate of drug-likeness (QED) is 0.832. The summed E-state index contributed by atoms with van der Waals surface area (Å²) in [5.74, 6) is 2.66. The first kappa shape index (κ1) is 21.2. The largest absolute Gasteiger partial charge is 0.493 e. The van der Waals surface area contributed by atoms with E-state index in [2.05, 4.69) is 4.90 Å². The first-order chi connectivity index (χ1) is 13.7. The number of hydrogen-bond acceptors (Lipinski definition) is 6. The molecule has 0 radical (unpaired) electrons. The second-order valence-electron chi connectivity index (χ2n) is 7.89. The molecule has 4 rings (SSSR count). The standard InChI is InChI=1S/C22H35NO5/c1-25-20-14-18-15-21(22(20)26-2)28-12-3-4-19(24)7-11-23-9-5-17(6-10-23)8-13-27-16-18/h14-15,17,19,24H,3-13,16H2,1-2H3. The van der Waals surface area contributed by atoms with Crippen LogP contribution in [-0.4, -0.2) is 63.2 Å². The highest BCUT2D eigenvalue weighted by molar-refractivity contribution is 5.53. The maximum atomic E-state index is 10.3. The smallest absolute Gasteiger partial charge is 0.203 e. The number of fused-ring (bicyclic) bond motifs is 11. The molecule has 3 aliphatic rings. The Balaban J connectivity index is 1.69. The minimum Gasteiger partial charge on any atom is -0.493 e. The van der Waals surface area contributed by atoms with E-state index >= 15 is 0 Å². The van der Waals surface area contributed by atoms with Crippen LogP contribution in [0.3, 0.4) is 0 Å². The normalized spacial score (nSPS) is 27.3. The predicted molar refractivity (Wildman–Crippen MR) is 108 cm³/mol. The second-order valence-corrected chi connectivity index (χ2v) is 7.89. The van der Waals surface area contributed by atoms with E-state index in [1.807, 2.05) is 12.1 Å². The van der Waals surface area contributed by atoms with Crippen molar-refractivity contribution >= 4 is 0 Å². The van der Waals surface area contributed by atoms with Crippen LogP contribution in [0.1, 0.15) is 44.1 Å². The zero-order chi connectivity index (χ0) is 19.8. The molecule has 0 amide bonds. The summed E-state index contributed by atoms with van der Waals surface area (Å²) in [6.45, 7) is 5.10. The minimum absolute atomic E-state index is 0.267. The van der Waals surface area contributed by atoms with Gasteiger partial charge in [-0.2, -0.15) is 0 Å². The molecule has 1 unspecified atom stereocenters. The molecule has 3 aliphatic heterocycles. The van der Waals surface area contributed by atoms with E-state index in [-0.39, 0.29) is 6.10 Å². The number of hydrogen-bond donors (Lipinski definition) is 1. The van der Waals surface area contributed by atoms with Crippen molar-refractivity contribution in [2.45, 2.75) is 51.2 Å². The molecule has 1 aromatic rings. The summed E-state index contributed by atoms with van der Waals surface area (Å²) in [4.78, 5) is 2.49. The number of aliphatic hydroxyl groups is 1. The fourth-order valence-electron chi connectivity index (χ4n) is 4.09. The highest BCUT2D eigenvalue weighted by Gasteiger charge is 2.20. The molecule has 1 saturated heterocycles. The second kappa shape index (κ2) is 10.9. The lowest BCUT2D eigenvalue weighted by atomic mass is 9.93. The predicted octanol–water partition coefficient (Wildman–Crippen LogP) is 3.25. The van der Waals surface area contributed by atoms with Crippen LogP contribution in [0.2, 0.25) is 0 Å². The molecule has 0 spiro atoms. The van der Waals surface area contributed by atoms with Crippen LogP contribution >= 0.6 is 0 Å². The van der Waals surface area contributed by atoms with Crippen LogP contribution in [0.5, 0.6) is 17.2 Å². The van der Waals surface area contributed by atoms with E-state index < -0.39 is 0 Å². The van der Waals surface area contributed by atoms with Crippen molar-refractivity contribution < 1.29 is 24.1 Å². The van der Waals surface area contributed by atoms with Crippen LogP contribution in [0.25, 0.3) is 0 Å². The third-order valence-electron chi connectivity index (χ3n) is 5.87. The van der Waals surface area contributed by atoms with Gasteiger partial charge in [0.05, 0.1) is 33.5 Å². The lowest BCUT2D eigenvalue weighted by Crippen LogP contribution is -2.36.